The molecular formula is C15H22N2O3S2. The molecule has 0 fully saturated rings. The predicted molar refractivity (Wildman–Crippen MR) is 93.8 cm³/mol. The summed E-state index contributed by atoms with van der Waals surface area (Å²) in [6, 6.07) is 5.66. The van der Waals surface area contributed by atoms with Crippen LogP contribution in [0.1, 0.15) is 38.1 Å². The Kier molecular flexibility index (Phi) is 7.92. The molecule has 1 aromatic carbocycles. The molecule has 1 aromatic rings. The highest BCUT2D eigenvalue weighted by Gasteiger charge is 2.15. The van der Waals surface area contributed by atoms with Crippen LogP contribution in [-0.2, 0) is 0 Å². The fraction of sp³-hybridized carbons (Fsp3) is 0.533. The van der Waals surface area contributed by atoms with Gasteiger partial charge in [-0.3, -0.25) is 19.8 Å². The van der Waals surface area contributed by atoms with Gasteiger partial charge in [0.25, 0.3) is 5.69 Å². The lowest BCUT2D eigenvalue weighted by Crippen LogP contribution is -2.38. The first kappa shape index (κ1) is 19.0. The predicted octanol–water partition coefficient (Wildman–Crippen LogP) is 4.27. The van der Waals surface area contributed by atoms with Crippen molar-refractivity contribution in [2.45, 2.75) is 44.7 Å². The number of aldehydes is 1. The maximum Gasteiger partial charge on any atom is 0.279 e. The number of nitro benzene ring substituents is 1. The van der Waals surface area contributed by atoms with Gasteiger partial charge in [-0.1, -0.05) is 21.6 Å². The van der Waals surface area contributed by atoms with Gasteiger partial charge in [0.05, 0.1) is 10.5 Å². The van der Waals surface area contributed by atoms with Crippen molar-refractivity contribution < 1.29 is 9.72 Å². The fourth-order valence-electron chi connectivity index (χ4n) is 2.21. The fourth-order valence-corrected chi connectivity index (χ4v) is 4.21. The molecule has 0 saturated carbocycles. The second-order valence-corrected chi connectivity index (χ2v) is 7.92. The van der Waals surface area contributed by atoms with Gasteiger partial charge in [0, 0.05) is 35.3 Å². The molecule has 0 aliphatic rings. The minimum absolute atomic E-state index is 0.126. The van der Waals surface area contributed by atoms with E-state index in [-0.39, 0.29) is 11.3 Å². The van der Waals surface area contributed by atoms with Crippen LogP contribution in [0.3, 0.4) is 0 Å². The topological polar surface area (TPSA) is 63.4 Å². The third-order valence-electron chi connectivity index (χ3n) is 3.24. The average Bonchev–Trinajstić information content (AvgIpc) is 2.45. The number of nitro groups is 1. The molecule has 0 aliphatic heterocycles. The van der Waals surface area contributed by atoms with Gasteiger partial charge in [0.15, 0.2) is 6.29 Å². The van der Waals surface area contributed by atoms with Crippen molar-refractivity contribution in [2.75, 3.05) is 12.3 Å². The molecule has 0 unspecified atom stereocenters. The smallest absolute Gasteiger partial charge is 0.279 e. The summed E-state index contributed by atoms with van der Waals surface area (Å²) in [4.78, 5) is 24.5. The highest BCUT2D eigenvalue weighted by atomic mass is 33.1. The van der Waals surface area contributed by atoms with E-state index in [1.165, 1.54) is 6.07 Å². The van der Waals surface area contributed by atoms with Gasteiger partial charge in [-0.05, 0) is 39.8 Å². The molecule has 122 valence electrons. The second kappa shape index (κ2) is 9.17. The molecule has 22 heavy (non-hydrogen) atoms. The van der Waals surface area contributed by atoms with Gasteiger partial charge in [-0.15, -0.1) is 0 Å². The molecule has 0 bridgehead atoms. The summed E-state index contributed by atoms with van der Waals surface area (Å²) in [5.74, 6) is 0.953. The van der Waals surface area contributed by atoms with E-state index >= 15 is 0 Å². The van der Waals surface area contributed by atoms with Crippen LogP contribution in [0.2, 0.25) is 0 Å². The lowest BCUT2D eigenvalue weighted by Gasteiger charge is -2.30. The van der Waals surface area contributed by atoms with Crippen molar-refractivity contribution in [2.24, 2.45) is 0 Å². The van der Waals surface area contributed by atoms with E-state index < -0.39 is 4.92 Å². The van der Waals surface area contributed by atoms with Crippen LogP contribution in [0.4, 0.5) is 5.69 Å². The zero-order valence-electron chi connectivity index (χ0n) is 13.3. The summed E-state index contributed by atoms with van der Waals surface area (Å²) in [5, 5.41) is 10.8. The first-order chi connectivity index (χ1) is 10.4. The molecule has 7 heteroatoms. The number of carbonyl (C=O) groups excluding carboxylic acids is 1. The molecule has 0 saturated heterocycles. The standard InChI is InChI=1S/C15H22N2O3S2/c1-11(2)16(12(3)4)7-8-21-22-14-5-6-15(17(19)20)13(9-14)10-18/h5-6,9-12H,7-8H2,1-4H3. The maximum absolute atomic E-state index is 10.9. The van der Waals surface area contributed by atoms with Crippen molar-refractivity contribution in [3.05, 3.63) is 33.9 Å². The molecule has 0 heterocycles. The summed E-state index contributed by atoms with van der Waals surface area (Å²) in [6.45, 7) is 9.73. The molecule has 0 amide bonds. The molecule has 0 aromatic heterocycles. The Morgan fingerprint density at radius 3 is 2.41 bits per heavy atom. The van der Waals surface area contributed by atoms with Crippen LogP contribution in [0, 0.1) is 10.1 Å². The van der Waals surface area contributed by atoms with E-state index in [1.54, 1.807) is 33.7 Å². The Balaban J connectivity index is 2.55. The van der Waals surface area contributed by atoms with Crippen molar-refractivity contribution in [3.8, 4) is 0 Å². The minimum atomic E-state index is -0.533. The maximum atomic E-state index is 10.9. The largest absolute Gasteiger partial charge is 0.298 e. The first-order valence-corrected chi connectivity index (χ1v) is 9.47. The molecule has 0 radical (unpaired) electrons. The number of benzene rings is 1. The Morgan fingerprint density at radius 2 is 1.91 bits per heavy atom. The monoisotopic (exact) mass is 342 g/mol. The highest BCUT2D eigenvalue weighted by Crippen LogP contribution is 2.33. The Hall–Kier alpha value is -1.05. The van der Waals surface area contributed by atoms with Crippen LogP contribution >= 0.6 is 21.6 Å². The van der Waals surface area contributed by atoms with Gasteiger partial charge in [0.1, 0.15) is 0 Å². The van der Waals surface area contributed by atoms with E-state index in [2.05, 4.69) is 32.6 Å². The summed E-state index contributed by atoms with van der Waals surface area (Å²) in [7, 11) is 3.24. The van der Waals surface area contributed by atoms with Crippen molar-refractivity contribution in [1.82, 2.24) is 4.90 Å². The number of hydrogen-bond acceptors (Lipinski definition) is 6. The van der Waals surface area contributed by atoms with E-state index in [0.717, 1.165) is 17.2 Å². The summed E-state index contributed by atoms with van der Waals surface area (Å²) in [5.41, 5.74) is -0.0169. The van der Waals surface area contributed by atoms with Crippen LogP contribution in [-0.4, -0.2) is 40.5 Å². The third-order valence-corrected chi connectivity index (χ3v) is 5.58. The highest BCUT2D eigenvalue weighted by molar-refractivity contribution is 8.76. The average molecular weight is 342 g/mol. The number of hydrogen-bond donors (Lipinski definition) is 0. The zero-order valence-corrected chi connectivity index (χ0v) is 14.9. The van der Waals surface area contributed by atoms with Crippen molar-refractivity contribution in [3.63, 3.8) is 0 Å². The normalized spacial score (nSPS) is 11.4. The Bertz CT molecular complexity index is 514. The first-order valence-electron chi connectivity index (χ1n) is 7.15. The van der Waals surface area contributed by atoms with E-state index in [1.807, 2.05) is 0 Å². The lowest BCUT2D eigenvalue weighted by atomic mass is 10.2. The van der Waals surface area contributed by atoms with E-state index in [9.17, 15) is 14.9 Å². The summed E-state index contributed by atoms with van der Waals surface area (Å²) < 4.78 is 0. The van der Waals surface area contributed by atoms with E-state index in [0.29, 0.717) is 18.4 Å². The molecule has 0 spiro atoms. The van der Waals surface area contributed by atoms with Gasteiger partial charge >= 0.3 is 0 Å². The van der Waals surface area contributed by atoms with Gasteiger partial charge in [-0.2, -0.15) is 0 Å². The molecule has 0 atom stereocenters. The van der Waals surface area contributed by atoms with Gasteiger partial charge in [0.2, 0.25) is 0 Å². The molecular weight excluding hydrogens is 320 g/mol. The lowest BCUT2D eigenvalue weighted by molar-refractivity contribution is -0.385. The minimum Gasteiger partial charge on any atom is -0.298 e. The molecule has 0 N–H and O–H groups in total. The third kappa shape index (κ3) is 5.62. The Labute approximate surface area is 139 Å². The SMILES string of the molecule is CC(C)N(CCSSc1ccc([N+](=O)[O-])c(C=O)c1)C(C)C. The molecule has 0 aliphatic carbocycles. The van der Waals surface area contributed by atoms with Crippen LogP contribution in [0.5, 0.6) is 0 Å². The number of rotatable bonds is 9. The van der Waals surface area contributed by atoms with Gasteiger partial charge in [-0.25, -0.2) is 0 Å². The Morgan fingerprint density at radius 1 is 1.27 bits per heavy atom. The number of carbonyl (C=O) groups is 1. The molecule has 1 rings (SSSR count). The van der Waals surface area contributed by atoms with Crippen molar-refractivity contribution >= 4 is 33.6 Å². The van der Waals surface area contributed by atoms with Crippen LogP contribution < -0.4 is 0 Å². The quantitative estimate of drug-likeness (QED) is 0.220. The zero-order chi connectivity index (χ0) is 16.7. The van der Waals surface area contributed by atoms with Crippen LogP contribution in [0.15, 0.2) is 23.1 Å². The summed E-state index contributed by atoms with van der Waals surface area (Å²) in [6.07, 6.45) is 0.534. The summed E-state index contributed by atoms with van der Waals surface area (Å²) >= 11 is 0. The molecule has 5 nitrogen and oxygen atoms in total. The van der Waals surface area contributed by atoms with Crippen LogP contribution in [0.25, 0.3) is 0 Å². The number of nitrogens with zero attached hydrogens (tertiary/aromatic N) is 2. The second-order valence-electron chi connectivity index (χ2n) is 5.43. The van der Waals surface area contributed by atoms with Gasteiger partial charge < -0.3 is 0 Å². The van der Waals surface area contributed by atoms with E-state index in [4.69, 9.17) is 0 Å². The van der Waals surface area contributed by atoms with Crippen molar-refractivity contribution in [1.29, 1.82) is 0 Å².